The van der Waals surface area contributed by atoms with Crippen LogP contribution < -0.4 is 5.73 Å². The van der Waals surface area contributed by atoms with E-state index in [1.165, 1.54) is 0 Å². The van der Waals surface area contributed by atoms with E-state index in [-0.39, 0.29) is 0 Å². The largest absolute Gasteiger partial charge is 0.397 e. The highest BCUT2D eigenvalue weighted by molar-refractivity contribution is 6.17. The average molecular weight is 167 g/mol. The van der Waals surface area contributed by atoms with Gasteiger partial charge in [0.15, 0.2) is 0 Å². The molecule has 0 aliphatic rings. The molecule has 11 heavy (non-hydrogen) atoms. The van der Waals surface area contributed by atoms with Gasteiger partial charge in [0, 0.05) is 5.88 Å². The molecule has 2 N–H and O–H groups in total. The van der Waals surface area contributed by atoms with E-state index in [0.29, 0.717) is 17.1 Å². The summed E-state index contributed by atoms with van der Waals surface area (Å²) in [5.41, 5.74) is 7.39. The zero-order chi connectivity index (χ0) is 8.27. The van der Waals surface area contributed by atoms with Crippen LogP contribution in [0.5, 0.6) is 0 Å². The van der Waals surface area contributed by atoms with Crippen LogP contribution in [0, 0.1) is 11.3 Å². The quantitative estimate of drug-likeness (QED) is 0.512. The van der Waals surface area contributed by atoms with E-state index in [1.807, 2.05) is 12.1 Å². The Morgan fingerprint density at radius 1 is 1.55 bits per heavy atom. The molecular formula is C8H7ClN2. The van der Waals surface area contributed by atoms with Crippen molar-refractivity contribution in [2.75, 3.05) is 5.73 Å². The number of nitrogens with two attached hydrogens (primary N) is 1. The second-order valence-corrected chi connectivity index (χ2v) is 2.39. The summed E-state index contributed by atoms with van der Waals surface area (Å²) in [5.74, 6) is 0.349. The number of halogens is 1. The van der Waals surface area contributed by atoms with Crippen molar-refractivity contribution < 1.29 is 0 Å². The molecule has 3 heteroatoms. The van der Waals surface area contributed by atoms with E-state index in [9.17, 15) is 0 Å². The average Bonchev–Trinajstić information content (AvgIpc) is 2.05. The molecule has 0 fully saturated rings. The Hall–Kier alpha value is -1.20. The van der Waals surface area contributed by atoms with Gasteiger partial charge >= 0.3 is 0 Å². The number of rotatable bonds is 1. The second-order valence-electron chi connectivity index (χ2n) is 2.12. The maximum atomic E-state index is 8.57. The lowest BCUT2D eigenvalue weighted by molar-refractivity contribution is 1.38. The van der Waals surface area contributed by atoms with Crippen LogP contribution in [-0.2, 0) is 5.88 Å². The van der Waals surface area contributed by atoms with Crippen LogP contribution in [0.3, 0.4) is 0 Å². The van der Waals surface area contributed by atoms with Crippen LogP contribution in [0.15, 0.2) is 18.2 Å². The normalized spacial score (nSPS) is 9.09. The first-order chi connectivity index (χ1) is 5.29. The molecule has 0 atom stereocenters. The van der Waals surface area contributed by atoms with Crippen LogP contribution in [0.1, 0.15) is 11.1 Å². The third kappa shape index (κ3) is 1.44. The van der Waals surface area contributed by atoms with Crippen molar-refractivity contribution in [1.82, 2.24) is 0 Å². The number of alkyl halides is 1. The molecule has 1 aromatic carbocycles. The zero-order valence-electron chi connectivity index (χ0n) is 5.84. The highest BCUT2D eigenvalue weighted by Crippen LogP contribution is 2.17. The Morgan fingerprint density at radius 2 is 2.27 bits per heavy atom. The first-order valence-electron chi connectivity index (χ1n) is 3.13. The van der Waals surface area contributed by atoms with Crippen LogP contribution in [-0.4, -0.2) is 0 Å². The summed E-state index contributed by atoms with van der Waals surface area (Å²) in [6, 6.07) is 7.24. The summed E-state index contributed by atoms with van der Waals surface area (Å²) in [4.78, 5) is 0. The third-order valence-electron chi connectivity index (χ3n) is 1.46. The van der Waals surface area contributed by atoms with Gasteiger partial charge in [-0.15, -0.1) is 11.6 Å². The Morgan fingerprint density at radius 3 is 2.82 bits per heavy atom. The lowest BCUT2D eigenvalue weighted by Gasteiger charge is -2.01. The first-order valence-corrected chi connectivity index (χ1v) is 3.66. The Kier molecular flexibility index (Phi) is 2.35. The fourth-order valence-electron chi connectivity index (χ4n) is 0.827. The molecule has 0 saturated carbocycles. The maximum absolute atomic E-state index is 8.57. The van der Waals surface area contributed by atoms with Crippen LogP contribution in [0.4, 0.5) is 5.69 Å². The lowest BCUT2D eigenvalue weighted by atomic mass is 10.1. The topological polar surface area (TPSA) is 49.8 Å². The van der Waals surface area contributed by atoms with Crippen molar-refractivity contribution >= 4 is 17.3 Å². The van der Waals surface area contributed by atoms with Gasteiger partial charge in [0.2, 0.25) is 0 Å². The second kappa shape index (κ2) is 3.27. The fraction of sp³-hybridized carbons (Fsp3) is 0.125. The number of hydrogen-bond donors (Lipinski definition) is 1. The minimum absolute atomic E-state index is 0.349. The summed E-state index contributed by atoms with van der Waals surface area (Å²) in [6.45, 7) is 0. The Bertz CT molecular complexity index is 301. The van der Waals surface area contributed by atoms with Gasteiger partial charge in [0.1, 0.15) is 6.07 Å². The van der Waals surface area contributed by atoms with Crippen molar-refractivity contribution in [2.45, 2.75) is 5.88 Å². The van der Waals surface area contributed by atoms with Gasteiger partial charge < -0.3 is 5.73 Å². The molecule has 0 amide bonds. The Balaban J connectivity index is 3.23. The summed E-state index contributed by atoms with van der Waals surface area (Å²) in [6.07, 6.45) is 0. The molecule has 1 rings (SSSR count). The number of hydrogen-bond acceptors (Lipinski definition) is 2. The maximum Gasteiger partial charge on any atom is 0.101 e. The highest BCUT2D eigenvalue weighted by Gasteiger charge is 2.01. The van der Waals surface area contributed by atoms with Gasteiger partial charge in [-0.05, 0) is 11.6 Å². The summed E-state index contributed by atoms with van der Waals surface area (Å²) in [5, 5.41) is 8.57. The number of nitriles is 1. The predicted molar refractivity (Wildman–Crippen MR) is 45.1 cm³/mol. The lowest BCUT2D eigenvalue weighted by Crippen LogP contribution is -1.94. The van der Waals surface area contributed by atoms with Gasteiger partial charge in [-0.1, -0.05) is 12.1 Å². The highest BCUT2D eigenvalue weighted by atomic mass is 35.5. The first kappa shape index (κ1) is 7.90. The molecule has 0 aliphatic heterocycles. The number of para-hydroxylation sites is 1. The minimum Gasteiger partial charge on any atom is -0.397 e. The van der Waals surface area contributed by atoms with E-state index in [2.05, 4.69) is 0 Å². The van der Waals surface area contributed by atoms with Crippen molar-refractivity contribution in [1.29, 1.82) is 5.26 Å². The molecule has 0 heterocycles. The standard InChI is InChI=1S/C8H7ClN2/c9-4-6-2-1-3-7(5-10)8(6)11/h1-3H,4,11H2. The van der Waals surface area contributed by atoms with Crippen LogP contribution in [0.2, 0.25) is 0 Å². The van der Waals surface area contributed by atoms with Crippen molar-refractivity contribution in [3.8, 4) is 6.07 Å². The van der Waals surface area contributed by atoms with E-state index in [1.54, 1.807) is 12.1 Å². The molecule has 0 spiro atoms. The molecular weight excluding hydrogens is 160 g/mol. The SMILES string of the molecule is N#Cc1cccc(CCl)c1N. The van der Waals surface area contributed by atoms with Crippen molar-refractivity contribution in [3.63, 3.8) is 0 Å². The Labute approximate surface area is 70.2 Å². The summed E-state index contributed by atoms with van der Waals surface area (Å²) in [7, 11) is 0. The van der Waals surface area contributed by atoms with Gasteiger partial charge in [-0.2, -0.15) is 5.26 Å². The van der Waals surface area contributed by atoms with E-state index < -0.39 is 0 Å². The minimum atomic E-state index is 0.349. The van der Waals surface area contributed by atoms with Gasteiger partial charge in [-0.3, -0.25) is 0 Å². The van der Waals surface area contributed by atoms with Gasteiger partial charge in [-0.25, -0.2) is 0 Å². The fourth-order valence-corrected chi connectivity index (χ4v) is 1.06. The van der Waals surface area contributed by atoms with Crippen molar-refractivity contribution in [3.05, 3.63) is 29.3 Å². The monoisotopic (exact) mass is 166 g/mol. The number of nitrogens with zero attached hydrogens (tertiary/aromatic N) is 1. The number of nitrogen functional groups attached to an aromatic ring is 1. The van der Waals surface area contributed by atoms with Crippen LogP contribution in [0.25, 0.3) is 0 Å². The van der Waals surface area contributed by atoms with Gasteiger partial charge in [0.05, 0.1) is 11.3 Å². The zero-order valence-corrected chi connectivity index (χ0v) is 6.60. The molecule has 56 valence electrons. The summed E-state index contributed by atoms with van der Waals surface area (Å²) < 4.78 is 0. The molecule has 0 aliphatic carbocycles. The molecule has 1 aromatic rings. The van der Waals surface area contributed by atoms with Crippen LogP contribution >= 0.6 is 11.6 Å². The molecule has 2 nitrogen and oxygen atoms in total. The van der Waals surface area contributed by atoms with E-state index in [4.69, 9.17) is 22.6 Å². The van der Waals surface area contributed by atoms with Gasteiger partial charge in [0.25, 0.3) is 0 Å². The van der Waals surface area contributed by atoms with Crippen molar-refractivity contribution in [2.24, 2.45) is 0 Å². The molecule has 0 unspecified atom stereocenters. The number of anilines is 1. The predicted octanol–water partition coefficient (Wildman–Crippen LogP) is 1.88. The molecule has 0 radical (unpaired) electrons. The molecule has 0 bridgehead atoms. The molecule has 0 saturated heterocycles. The summed E-state index contributed by atoms with van der Waals surface area (Å²) >= 11 is 5.57. The van der Waals surface area contributed by atoms with E-state index in [0.717, 1.165) is 5.56 Å². The number of benzene rings is 1. The smallest absolute Gasteiger partial charge is 0.101 e. The molecule has 0 aromatic heterocycles. The third-order valence-corrected chi connectivity index (χ3v) is 1.75. The van der Waals surface area contributed by atoms with E-state index >= 15 is 0 Å².